The van der Waals surface area contributed by atoms with E-state index in [2.05, 4.69) is 154 Å². The van der Waals surface area contributed by atoms with Crippen LogP contribution in [0.4, 0.5) is 0 Å². The van der Waals surface area contributed by atoms with Crippen LogP contribution in [0.2, 0.25) is 0 Å². The zero-order valence-corrected chi connectivity index (χ0v) is 51.1. The maximum Gasteiger partial charge on any atom is 0.309 e. The first-order valence-corrected chi connectivity index (χ1v) is 32.3. The molecule has 0 spiro atoms. The average molecular weight is 1090 g/mol. The summed E-state index contributed by atoms with van der Waals surface area (Å²) >= 11 is 0. The zero-order chi connectivity index (χ0) is 57.1. The quantitative estimate of drug-likeness (QED) is 0.0261. The van der Waals surface area contributed by atoms with E-state index in [0.717, 1.165) is 103 Å². The highest BCUT2D eigenvalue weighted by Gasteiger charge is 2.19. The fourth-order valence-electron chi connectivity index (χ4n) is 8.62. The van der Waals surface area contributed by atoms with Gasteiger partial charge in [0, 0.05) is 12.8 Å². The van der Waals surface area contributed by atoms with E-state index >= 15 is 0 Å². The molecular weight excluding hydrogens is 973 g/mol. The molecule has 79 heavy (non-hydrogen) atoms. The molecule has 0 aromatic rings. The van der Waals surface area contributed by atoms with Gasteiger partial charge in [-0.3, -0.25) is 14.4 Å². The molecule has 0 saturated heterocycles. The summed E-state index contributed by atoms with van der Waals surface area (Å²) in [4.78, 5) is 38.2. The lowest BCUT2D eigenvalue weighted by Gasteiger charge is -2.18. The van der Waals surface area contributed by atoms with Gasteiger partial charge in [-0.25, -0.2) is 0 Å². The number of rotatable bonds is 57. The molecule has 1 atom stereocenters. The van der Waals surface area contributed by atoms with Crippen LogP contribution < -0.4 is 0 Å². The van der Waals surface area contributed by atoms with Crippen LogP contribution in [0.1, 0.15) is 278 Å². The van der Waals surface area contributed by atoms with E-state index < -0.39 is 12.1 Å². The summed E-state index contributed by atoms with van der Waals surface area (Å²) in [6, 6.07) is 0. The van der Waals surface area contributed by atoms with Gasteiger partial charge in [-0.1, -0.05) is 308 Å². The van der Waals surface area contributed by atoms with Gasteiger partial charge in [0.15, 0.2) is 6.10 Å². The third-order valence-electron chi connectivity index (χ3n) is 13.4. The molecule has 0 bridgehead atoms. The maximum atomic E-state index is 12.9. The van der Waals surface area contributed by atoms with Gasteiger partial charge >= 0.3 is 17.9 Å². The SMILES string of the molecule is CC/C=C\C/C=C\C/C=C\C/C=C\C/C=C\C/C=C\C/C=C\CCCC(=O)OCC(COC(=O)C/C=C\C/C=C\C/C=C\C/C=C\C/C=C\CC)OC(=O)CCCCCCCCCCCCCCCCCCCCCCCCC. The number of carbonyl (C=O) groups is 3. The Morgan fingerprint density at radius 2 is 0.544 bits per heavy atom. The molecule has 0 amide bonds. The normalized spacial score (nSPS) is 13.1. The second kappa shape index (κ2) is 65.8. The van der Waals surface area contributed by atoms with Crippen molar-refractivity contribution in [3.8, 4) is 0 Å². The molecule has 0 fully saturated rings. The first-order valence-electron chi connectivity index (χ1n) is 32.3. The molecule has 0 N–H and O–H groups in total. The van der Waals surface area contributed by atoms with Crippen molar-refractivity contribution >= 4 is 17.9 Å². The third-order valence-corrected chi connectivity index (χ3v) is 13.4. The number of unbranched alkanes of at least 4 members (excludes halogenated alkanes) is 23. The Morgan fingerprint density at radius 3 is 0.873 bits per heavy atom. The number of hydrogen-bond acceptors (Lipinski definition) is 6. The molecular formula is C73H118O6. The Kier molecular flexibility index (Phi) is 61.9. The van der Waals surface area contributed by atoms with Gasteiger partial charge in [-0.15, -0.1) is 0 Å². The first-order chi connectivity index (χ1) is 39.0. The second-order valence-corrected chi connectivity index (χ2v) is 20.9. The monoisotopic (exact) mass is 1090 g/mol. The minimum atomic E-state index is -0.848. The van der Waals surface area contributed by atoms with Crippen LogP contribution >= 0.6 is 0 Å². The zero-order valence-electron chi connectivity index (χ0n) is 51.1. The Balaban J connectivity index is 4.52. The van der Waals surface area contributed by atoms with Crippen LogP contribution in [0.25, 0.3) is 0 Å². The van der Waals surface area contributed by atoms with Crippen molar-refractivity contribution in [3.63, 3.8) is 0 Å². The van der Waals surface area contributed by atoms with E-state index in [0.29, 0.717) is 12.8 Å². The van der Waals surface area contributed by atoms with E-state index in [1.165, 1.54) is 128 Å². The van der Waals surface area contributed by atoms with E-state index in [1.54, 1.807) is 6.08 Å². The van der Waals surface area contributed by atoms with Crippen molar-refractivity contribution in [3.05, 3.63) is 146 Å². The molecule has 0 rings (SSSR count). The summed E-state index contributed by atoms with van der Waals surface area (Å²) < 4.78 is 16.8. The Morgan fingerprint density at radius 1 is 0.278 bits per heavy atom. The van der Waals surface area contributed by atoms with Crippen LogP contribution in [-0.4, -0.2) is 37.2 Å². The lowest BCUT2D eigenvalue weighted by molar-refractivity contribution is -0.166. The van der Waals surface area contributed by atoms with Crippen molar-refractivity contribution in [1.29, 1.82) is 0 Å². The molecule has 0 heterocycles. The summed E-state index contributed by atoms with van der Waals surface area (Å²) in [7, 11) is 0. The lowest BCUT2D eigenvalue weighted by atomic mass is 10.0. The topological polar surface area (TPSA) is 78.9 Å². The molecule has 0 aromatic heterocycles. The Hall–Kier alpha value is -4.71. The van der Waals surface area contributed by atoms with Gasteiger partial charge in [0.25, 0.3) is 0 Å². The number of carbonyl (C=O) groups excluding carboxylic acids is 3. The molecule has 0 aliphatic rings. The molecule has 0 aromatic carbocycles. The summed E-state index contributed by atoms with van der Waals surface area (Å²) in [6.07, 6.45) is 94.7. The van der Waals surface area contributed by atoms with Crippen LogP contribution in [0, 0.1) is 0 Å². The van der Waals surface area contributed by atoms with Crippen molar-refractivity contribution in [2.45, 2.75) is 284 Å². The molecule has 446 valence electrons. The highest BCUT2D eigenvalue weighted by Crippen LogP contribution is 2.16. The van der Waals surface area contributed by atoms with Gasteiger partial charge in [0.05, 0.1) is 6.42 Å². The molecule has 0 radical (unpaired) electrons. The standard InChI is InChI=1S/C73H118O6/c1-4-7-10-13-16-19-22-25-28-30-32-34-36-38-40-42-45-48-51-54-57-60-63-66-72(75)78-69-70(68-77-71(74)65-62-59-56-53-50-47-44-27-24-21-18-15-12-9-6-3)79-73(76)67-64-61-58-55-52-49-46-43-41-39-37-35-33-31-29-26-23-20-17-14-11-8-5-2/h7,9-10,12,16,18-19,21,25,27-28,32,34,38,40,44-45,48,50,53-54,57,59,62,70H,4-6,8,11,13-15,17,20,22-24,26,29-31,33,35-37,39,41-43,46-47,49,51-52,55-56,58,60-61,63-69H2,1-3H3/b10-7-,12-9-,19-16-,21-18-,28-25-,34-32-,40-38-,44-27-,48-45-,53-50-,57-54-,62-59-. The smallest absolute Gasteiger partial charge is 0.309 e. The van der Waals surface area contributed by atoms with Gasteiger partial charge in [-0.2, -0.15) is 0 Å². The van der Waals surface area contributed by atoms with Crippen molar-refractivity contribution in [2.24, 2.45) is 0 Å². The lowest BCUT2D eigenvalue weighted by Crippen LogP contribution is -2.30. The maximum absolute atomic E-state index is 12.9. The molecule has 0 saturated carbocycles. The van der Waals surface area contributed by atoms with Crippen LogP contribution in [0.15, 0.2) is 146 Å². The van der Waals surface area contributed by atoms with E-state index in [-0.39, 0.29) is 38.0 Å². The van der Waals surface area contributed by atoms with Gasteiger partial charge in [0.1, 0.15) is 13.2 Å². The van der Waals surface area contributed by atoms with Gasteiger partial charge in [0.2, 0.25) is 0 Å². The van der Waals surface area contributed by atoms with Gasteiger partial charge in [-0.05, 0) is 96.3 Å². The number of ether oxygens (including phenoxy) is 3. The number of esters is 3. The Labute approximate surface area is 487 Å². The Bertz CT molecular complexity index is 1730. The van der Waals surface area contributed by atoms with Crippen LogP contribution in [-0.2, 0) is 28.6 Å². The predicted molar refractivity (Wildman–Crippen MR) is 343 cm³/mol. The van der Waals surface area contributed by atoms with Gasteiger partial charge < -0.3 is 14.2 Å². The number of allylic oxidation sites excluding steroid dienone is 23. The van der Waals surface area contributed by atoms with Crippen molar-refractivity contribution in [2.75, 3.05) is 13.2 Å². The highest BCUT2D eigenvalue weighted by molar-refractivity contribution is 5.72. The number of hydrogen-bond donors (Lipinski definition) is 0. The summed E-state index contributed by atoms with van der Waals surface area (Å²) in [5.74, 6) is -1.12. The average Bonchev–Trinajstić information content (AvgIpc) is 3.45. The molecule has 1 unspecified atom stereocenters. The largest absolute Gasteiger partial charge is 0.462 e. The second-order valence-electron chi connectivity index (χ2n) is 20.9. The molecule has 0 aliphatic heterocycles. The minimum absolute atomic E-state index is 0.112. The first kappa shape index (κ1) is 74.3. The van der Waals surface area contributed by atoms with Crippen LogP contribution in [0.3, 0.4) is 0 Å². The fraction of sp³-hybridized carbons (Fsp3) is 0.630. The molecule has 6 heteroatoms. The fourth-order valence-corrected chi connectivity index (χ4v) is 8.62. The molecule has 6 nitrogen and oxygen atoms in total. The highest BCUT2D eigenvalue weighted by atomic mass is 16.6. The van der Waals surface area contributed by atoms with E-state index in [1.807, 2.05) is 6.08 Å². The molecule has 0 aliphatic carbocycles. The summed E-state index contributed by atoms with van der Waals surface area (Å²) in [5, 5.41) is 0. The van der Waals surface area contributed by atoms with Crippen molar-refractivity contribution < 1.29 is 28.6 Å². The van der Waals surface area contributed by atoms with Crippen molar-refractivity contribution in [1.82, 2.24) is 0 Å². The van der Waals surface area contributed by atoms with Crippen LogP contribution in [0.5, 0.6) is 0 Å². The summed E-state index contributed by atoms with van der Waals surface area (Å²) in [5.41, 5.74) is 0. The van der Waals surface area contributed by atoms with E-state index in [9.17, 15) is 14.4 Å². The predicted octanol–water partition coefficient (Wildman–Crippen LogP) is 22.3. The third kappa shape index (κ3) is 64.0. The van der Waals surface area contributed by atoms with E-state index in [4.69, 9.17) is 14.2 Å². The minimum Gasteiger partial charge on any atom is -0.462 e. The summed E-state index contributed by atoms with van der Waals surface area (Å²) in [6.45, 7) is 6.29.